The molecule has 3 aromatic heterocycles. The minimum Gasteiger partial charge on any atom is -0.480 e. The van der Waals surface area contributed by atoms with Gasteiger partial charge in [0.15, 0.2) is 5.65 Å². The van der Waals surface area contributed by atoms with E-state index in [1.165, 1.54) is 4.68 Å². The highest BCUT2D eigenvalue weighted by atomic mass is 32.2. The highest BCUT2D eigenvalue weighted by Crippen LogP contribution is 2.25. The van der Waals surface area contributed by atoms with Gasteiger partial charge in [0.2, 0.25) is 5.16 Å². The average molecular weight is 278 g/mol. The highest BCUT2D eigenvalue weighted by Gasteiger charge is 2.14. The first kappa shape index (κ1) is 11.5. The number of fused-ring (bicyclic) bond motifs is 1. The summed E-state index contributed by atoms with van der Waals surface area (Å²) in [6.45, 7) is -0.314. The van der Waals surface area contributed by atoms with Crippen molar-refractivity contribution in [2.45, 2.75) is 16.7 Å². The first-order valence-corrected chi connectivity index (χ1v) is 5.86. The number of hydrogen-bond acceptors (Lipinski definition) is 8. The van der Waals surface area contributed by atoms with Gasteiger partial charge in [0.25, 0.3) is 0 Å². The third kappa shape index (κ3) is 2.22. The molecule has 3 aromatic rings. The van der Waals surface area contributed by atoms with Crippen molar-refractivity contribution in [3.05, 3.63) is 18.7 Å². The van der Waals surface area contributed by atoms with Crippen LogP contribution >= 0.6 is 11.8 Å². The summed E-state index contributed by atoms with van der Waals surface area (Å²) in [5, 5.41) is 28.1. The molecule has 0 bridgehead atoms. The molecule has 0 spiro atoms. The first-order chi connectivity index (χ1) is 9.24. The van der Waals surface area contributed by atoms with Crippen molar-refractivity contribution in [1.82, 2.24) is 39.8 Å². The molecule has 0 atom stereocenters. The SMILES string of the molecule is O=C(O)Cn1nnnc1Sc1nccn2cnnc12. The van der Waals surface area contributed by atoms with Gasteiger partial charge in [-0.1, -0.05) is 0 Å². The second-order valence-corrected chi connectivity index (χ2v) is 4.37. The Balaban J connectivity index is 1.95. The van der Waals surface area contributed by atoms with Crippen molar-refractivity contribution in [2.75, 3.05) is 0 Å². The zero-order valence-corrected chi connectivity index (χ0v) is 10.1. The van der Waals surface area contributed by atoms with Crippen molar-refractivity contribution in [2.24, 2.45) is 0 Å². The van der Waals surface area contributed by atoms with Gasteiger partial charge in [-0.3, -0.25) is 9.20 Å². The molecule has 0 aromatic carbocycles. The fraction of sp³-hybridized carbons (Fsp3) is 0.125. The lowest BCUT2D eigenvalue weighted by atomic mass is 10.7. The molecule has 0 fully saturated rings. The lowest BCUT2D eigenvalue weighted by Crippen LogP contribution is -2.11. The van der Waals surface area contributed by atoms with Gasteiger partial charge in [-0.05, 0) is 22.2 Å². The van der Waals surface area contributed by atoms with Crippen molar-refractivity contribution in [3.63, 3.8) is 0 Å². The normalized spacial score (nSPS) is 10.9. The van der Waals surface area contributed by atoms with Crippen LogP contribution in [-0.4, -0.2) is 50.9 Å². The second kappa shape index (κ2) is 4.61. The molecular formula is C8H6N8O2S. The molecule has 96 valence electrons. The zero-order chi connectivity index (χ0) is 13.2. The molecule has 3 heterocycles. The van der Waals surface area contributed by atoms with Crippen LogP contribution in [0.2, 0.25) is 0 Å². The number of aromatic nitrogens is 8. The molecular weight excluding hydrogens is 272 g/mol. The van der Waals surface area contributed by atoms with E-state index in [0.29, 0.717) is 15.8 Å². The van der Waals surface area contributed by atoms with Crippen LogP contribution in [0.15, 0.2) is 28.9 Å². The van der Waals surface area contributed by atoms with Gasteiger partial charge < -0.3 is 5.11 Å². The van der Waals surface area contributed by atoms with E-state index in [0.717, 1.165) is 11.8 Å². The van der Waals surface area contributed by atoms with Crippen molar-refractivity contribution >= 4 is 23.4 Å². The van der Waals surface area contributed by atoms with E-state index >= 15 is 0 Å². The van der Waals surface area contributed by atoms with E-state index in [-0.39, 0.29) is 6.54 Å². The van der Waals surface area contributed by atoms with Gasteiger partial charge in [-0.2, -0.15) is 0 Å². The Hall–Kier alpha value is -2.56. The molecule has 0 saturated heterocycles. The van der Waals surface area contributed by atoms with Crippen LogP contribution in [0.4, 0.5) is 0 Å². The molecule has 19 heavy (non-hydrogen) atoms. The Kier molecular flexibility index (Phi) is 2.79. The van der Waals surface area contributed by atoms with Crippen LogP contribution < -0.4 is 0 Å². The topological polar surface area (TPSA) is 124 Å². The van der Waals surface area contributed by atoms with E-state index < -0.39 is 5.97 Å². The van der Waals surface area contributed by atoms with Crippen LogP contribution in [0.1, 0.15) is 0 Å². The van der Waals surface area contributed by atoms with E-state index in [4.69, 9.17) is 5.11 Å². The Morgan fingerprint density at radius 1 is 1.42 bits per heavy atom. The Morgan fingerprint density at radius 3 is 3.16 bits per heavy atom. The summed E-state index contributed by atoms with van der Waals surface area (Å²) in [5.74, 6) is -1.03. The van der Waals surface area contributed by atoms with Crippen LogP contribution in [0, 0.1) is 0 Å². The number of aliphatic carboxylic acids is 1. The second-order valence-electron chi connectivity index (χ2n) is 3.41. The van der Waals surface area contributed by atoms with E-state index in [9.17, 15) is 4.79 Å². The molecule has 10 nitrogen and oxygen atoms in total. The Bertz CT molecular complexity index is 737. The van der Waals surface area contributed by atoms with Crippen molar-refractivity contribution in [1.29, 1.82) is 0 Å². The van der Waals surface area contributed by atoms with Crippen LogP contribution in [0.25, 0.3) is 5.65 Å². The molecule has 0 aliphatic carbocycles. The molecule has 3 rings (SSSR count). The van der Waals surface area contributed by atoms with Gasteiger partial charge in [-0.25, -0.2) is 9.67 Å². The number of carboxylic acids is 1. The molecule has 0 radical (unpaired) electrons. The number of rotatable bonds is 4. The van der Waals surface area contributed by atoms with Crippen LogP contribution in [-0.2, 0) is 11.3 Å². The largest absolute Gasteiger partial charge is 0.480 e. The van der Waals surface area contributed by atoms with Crippen LogP contribution in [0.5, 0.6) is 0 Å². The van der Waals surface area contributed by atoms with E-state index in [1.807, 2.05) is 0 Å². The molecule has 0 aliphatic rings. The smallest absolute Gasteiger partial charge is 0.325 e. The summed E-state index contributed by atoms with van der Waals surface area (Å²) in [6.07, 6.45) is 4.84. The first-order valence-electron chi connectivity index (χ1n) is 5.04. The molecule has 0 amide bonds. The van der Waals surface area contributed by atoms with Gasteiger partial charge in [0, 0.05) is 12.4 Å². The third-order valence-corrected chi connectivity index (χ3v) is 3.11. The summed E-state index contributed by atoms with van der Waals surface area (Å²) in [6, 6.07) is 0. The lowest BCUT2D eigenvalue weighted by molar-refractivity contribution is -0.138. The summed E-state index contributed by atoms with van der Waals surface area (Å²) in [7, 11) is 0. The summed E-state index contributed by atoms with van der Waals surface area (Å²) in [5.41, 5.74) is 0.553. The fourth-order valence-electron chi connectivity index (χ4n) is 1.39. The Labute approximate surface area is 109 Å². The maximum Gasteiger partial charge on any atom is 0.325 e. The lowest BCUT2D eigenvalue weighted by Gasteiger charge is -2.01. The Morgan fingerprint density at radius 2 is 2.32 bits per heavy atom. The maximum absolute atomic E-state index is 10.7. The minimum absolute atomic E-state index is 0.314. The summed E-state index contributed by atoms with van der Waals surface area (Å²) < 4.78 is 2.87. The van der Waals surface area contributed by atoms with Gasteiger partial charge in [0.1, 0.15) is 17.9 Å². The molecule has 0 saturated carbocycles. The average Bonchev–Trinajstić information content (AvgIpc) is 2.99. The van der Waals surface area contributed by atoms with E-state index in [1.54, 1.807) is 23.1 Å². The molecule has 0 unspecified atom stereocenters. The predicted molar refractivity (Wildman–Crippen MR) is 60.4 cm³/mol. The zero-order valence-electron chi connectivity index (χ0n) is 9.28. The maximum atomic E-state index is 10.7. The number of carboxylic acid groups (broad SMARTS) is 1. The highest BCUT2D eigenvalue weighted by molar-refractivity contribution is 7.99. The van der Waals surface area contributed by atoms with Crippen molar-refractivity contribution in [3.8, 4) is 0 Å². The number of tetrazole rings is 1. The number of carbonyl (C=O) groups is 1. The van der Waals surface area contributed by atoms with E-state index in [2.05, 4.69) is 30.7 Å². The van der Waals surface area contributed by atoms with Crippen molar-refractivity contribution < 1.29 is 9.90 Å². The van der Waals surface area contributed by atoms with Gasteiger partial charge in [-0.15, -0.1) is 15.3 Å². The molecule has 1 N–H and O–H groups in total. The molecule has 11 heteroatoms. The summed E-state index contributed by atoms with van der Waals surface area (Å²) in [4.78, 5) is 14.8. The number of hydrogen-bond donors (Lipinski definition) is 1. The quantitative estimate of drug-likeness (QED) is 0.662. The third-order valence-electron chi connectivity index (χ3n) is 2.16. The minimum atomic E-state index is -1.03. The standard InChI is InChI=1S/C8H6N8O2S/c17-5(18)3-16-8(12-13-14-16)19-7-6-11-10-4-15(6)2-1-9-7/h1-2,4H,3H2,(H,17,18). The predicted octanol–water partition coefficient (Wildman–Crippen LogP) is -0.653. The number of nitrogens with zero attached hydrogens (tertiary/aromatic N) is 8. The fourth-order valence-corrected chi connectivity index (χ4v) is 2.20. The van der Waals surface area contributed by atoms with Gasteiger partial charge in [0.05, 0.1) is 0 Å². The van der Waals surface area contributed by atoms with Crippen LogP contribution in [0.3, 0.4) is 0 Å². The molecule has 0 aliphatic heterocycles. The summed E-state index contributed by atoms with van der Waals surface area (Å²) >= 11 is 1.13. The monoisotopic (exact) mass is 278 g/mol. The van der Waals surface area contributed by atoms with Gasteiger partial charge >= 0.3 is 5.97 Å².